The molecule has 0 bridgehead atoms. The van der Waals surface area contributed by atoms with Crippen molar-refractivity contribution in [1.29, 1.82) is 5.26 Å². The van der Waals surface area contributed by atoms with Crippen molar-refractivity contribution in [2.75, 3.05) is 7.11 Å². The van der Waals surface area contributed by atoms with E-state index in [0.29, 0.717) is 0 Å². The van der Waals surface area contributed by atoms with Crippen LogP contribution in [0.25, 0.3) is 0 Å². The largest absolute Gasteiger partial charge is 0.503 e. The van der Waals surface area contributed by atoms with Gasteiger partial charge in [-0.25, -0.2) is 8.42 Å². The van der Waals surface area contributed by atoms with Crippen molar-refractivity contribution in [3.63, 3.8) is 0 Å². The van der Waals surface area contributed by atoms with E-state index in [2.05, 4.69) is 0 Å². The lowest BCUT2D eigenvalue weighted by atomic mass is 10.2. The molecule has 0 spiro atoms. The lowest BCUT2D eigenvalue weighted by Gasteiger charge is -2.06. The third kappa shape index (κ3) is 2.32. The van der Waals surface area contributed by atoms with Crippen molar-refractivity contribution in [3.8, 4) is 17.6 Å². The molecule has 0 atom stereocenters. The number of methoxy groups -OCH3 is 1. The number of halogens is 1. The fourth-order valence-corrected chi connectivity index (χ4v) is 1.94. The number of ether oxygens (including phenoxy) is 1. The van der Waals surface area contributed by atoms with Gasteiger partial charge in [0.15, 0.2) is 11.5 Å². The number of nitrogens with zero attached hydrogens (tertiary/aromatic N) is 1. The average molecular weight is 248 g/mol. The fraction of sp³-hybridized carbons (Fsp3) is 0.125. The highest BCUT2D eigenvalue weighted by Crippen LogP contribution is 2.35. The summed E-state index contributed by atoms with van der Waals surface area (Å²) in [7, 11) is 2.20. The fourth-order valence-electron chi connectivity index (χ4n) is 0.988. The molecule has 1 rings (SSSR count). The van der Waals surface area contributed by atoms with Crippen molar-refractivity contribution in [3.05, 3.63) is 17.7 Å². The van der Waals surface area contributed by atoms with E-state index in [0.717, 1.165) is 6.07 Å². The molecule has 0 aromatic heterocycles. The van der Waals surface area contributed by atoms with Gasteiger partial charge in [-0.15, -0.1) is 0 Å². The number of nitriles is 1. The summed E-state index contributed by atoms with van der Waals surface area (Å²) in [5.41, 5.74) is 0.0314. The number of hydrogen-bond acceptors (Lipinski definition) is 5. The van der Waals surface area contributed by atoms with Gasteiger partial charge in [0.05, 0.1) is 18.7 Å². The van der Waals surface area contributed by atoms with Gasteiger partial charge in [0.1, 0.15) is 4.90 Å². The highest BCUT2D eigenvalue weighted by Gasteiger charge is 2.20. The molecule has 0 unspecified atom stereocenters. The van der Waals surface area contributed by atoms with Gasteiger partial charge in [-0.05, 0) is 6.07 Å². The van der Waals surface area contributed by atoms with E-state index in [-0.39, 0.29) is 11.3 Å². The Labute approximate surface area is 90.9 Å². The molecular formula is C8H6ClNO4S. The highest BCUT2D eigenvalue weighted by molar-refractivity contribution is 8.13. The Morgan fingerprint density at radius 3 is 2.53 bits per heavy atom. The van der Waals surface area contributed by atoms with Gasteiger partial charge < -0.3 is 9.84 Å². The number of hydrogen-bond donors (Lipinski definition) is 1. The van der Waals surface area contributed by atoms with E-state index in [1.165, 1.54) is 13.2 Å². The summed E-state index contributed by atoms with van der Waals surface area (Å²) >= 11 is 0. The Balaban J connectivity index is 3.60. The van der Waals surface area contributed by atoms with E-state index < -0.39 is 19.7 Å². The quantitative estimate of drug-likeness (QED) is 0.794. The molecule has 15 heavy (non-hydrogen) atoms. The predicted molar refractivity (Wildman–Crippen MR) is 52.4 cm³/mol. The van der Waals surface area contributed by atoms with E-state index in [1.54, 1.807) is 6.07 Å². The normalized spacial score (nSPS) is 10.7. The molecule has 0 amide bonds. The monoisotopic (exact) mass is 247 g/mol. The molecule has 80 valence electrons. The third-order valence-corrected chi connectivity index (χ3v) is 2.99. The molecule has 0 saturated carbocycles. The maximum atomic E-state index is 11.0. The second-order valence-corrected chi connectivity index (χ2v) is 5.11. The highest BCUT2D eigenvalue weighted by atomic mass is 35.7. The molecule has 0 aliphatic heterocycles. The van der Waals surface area contributed by atoms with E-state index in [9.17, 15) is 13.5 Å². The number of aromatic hydroxyl groups is 1. The Morgan fingerprint density at radius 2 is 2.13 bits per heavy atom. The van der Waals surface area contributed by atoms with Crippen LogP contribution in [0.2, 0.25) is 0 Å². The predicted octanol–water partition coefficient (Wildman–Crippen LogP) is 1.20. The van der Waals surface area contributed by atoms with Gasteiger partial charge in [0, 0.05) is 16.7 Å². The molecule has 0 aliphatic carbocycles. The molecule has 1 aromatic carbocycles. The van der Waals surface area contributed by atoms with Crippen LogP contribution in [0.3, 0.4) is 0 Å². The van der Waals surface area contributed by atoms with Crippen molar-refractivity contribution in [2.24, 2.45) is 0 Å². The van der Waals surface area contributed by atoms with Gasteiger partial charge >= 0.3 is 0 Å². The second kappa shape index (κ2) is 3.96. The summed E-state index contributed by atoms with van der Waals surface area (Å²) in [5.74, 6) is -0.722. The van der Waals surface area contributed by atoms with Crippen LogP contribution in [0.1, 0.15) is 5.56 Å². The zero-order valence-electron chi connectivity index (χ0n) is 7.56. The van der Waals surface area contributed by atoms with Crippen LogP contribution in [-0.2, 0) is 9.05 Å². The zero-order valence-corrected chi connectivity index (χ0v) is 9.13. The molecule has 7 heteroatoms. The summed E-state index contributed by atoms with van der Waals surface area (Å²) in [5, 5.41) is 18.1. The minimum Gasteiger partial charge on any atom is -0.503 e. The van der Waals surface area contributed by atoms with Crippen molar-refractivity contribution in [2.45, 2.75) is 4.90 Å². The van der Waals surface area contributed by atoms with Gasteiger partial charge in [-0.2, -0.15) is 5.26 Å². The summed E-state index contributed by atoms with van der Waals surface area (Å²) in [6.45, 7) is 0. The molecule has 5 nitrogen and oxygen atoms in total. The standard InChI is InChI=1S/C8H6ClNO4S/c1-14-6-2-5(4-10)3-7(8(6)11)15(9,12)13/h2-3,11H,1H3. The minimum atomic E-state index is -4.11. The first-order valence-electron chi connectivity index (χ1n) is 3.66. The Hall–Kier alpha value is -1.45. The summed E-state index contributed by atoms with van der Waals surface area (Å²) in [4.78, 5) is -0.542. The Morgan fingerprint density at radius 1 is 1.53 bits per heavy atom. The summed E-state index contributed by atoms with van der Waals surface area (Å²) < 4.78 is 26.8. The van der Waals surface area contributed by atoms with Crippen molar-refractivity contribution in [1.82, 2.24) is 0 Å². The Kier molecular flexibility index (Phi) is 3.07. The number of phenols is 1. The maximum absolute atomic E-state index is 11.0. The van der Waals surface area contributed by atoms with Crippen LogP contribution in [0.5, 0.6) is 11.5 Å². The number of rotatable bonds is 2. The smallest absolute Gasteiger partial charge is 0.265 e. The first kappa shape index (κ1) is 11.6. The van der Waals surface area contributed by atoms with Crippen LogP contribution in [0, 0.1) is 11.3 Å². The number of phenolic OH excluding ortho intramolecular Hbond substituents is 1. The van der Waals surface area contributed by atoms with Gasteiger partial charge in [-0.3, -0.25) is 0 Å². The second-order valence-electron chi connectivity index (χ2n) is 2.57. The molecule has 1 aromatic rings. The van der Waals surface area contributed by atoms with Gasteiger partial charge in [0.2, 0.25) is 0 Å². The Bertz CT molecular complexity index is 532. The van der Waals surface area contributed by atoms with Crippen LogP contribution in [0.15, 0.2) is 17.0 Å². The lowest BCUT2D eigenvalue weighted by Crippen LogP contribution is -1.95. The first-order chi connectivity index (χ1) is 6.90. The molecule has 0 fully saturated rings. The van der Waals surface area contributed by atoms with E-state index in [4.69, 9.17) is 20.7 Å². The topological polar surface area (TPSA) is 87.4 Å². The van der Waals surface area contributed by atoms with Crippen molar-refractivity contribution >= 4 is 19.7 Å². The SMILES string of the molecule is COc1cc(C#N)cc(S(=O)(=O)Cl)c1O. The van der Waals surface area contributed by atoms with Crippen LogP contribution < -0.4 is 4.74 Å². The van der Waals surface area contributed by atoms with E-state index >= 15 is 0 Å². The van der Waals surface area contributed by atoms with E-state index in [1.807, 2.05) is 0 Å². The van der Waals surface area contributed by atoms with Gasteiger partial charge in [0.25, 0.3) is 9.05 Å². The van der Waals surface area contributed by atoms with Crippen molar-refractivity contribution < 1.29 is 18.3 Å². The third-order valence-electron chi connectivity index (χ3n) is 1.65. The molecule has 0 radical (unpaired) electrons. The lowest BCUT2D eigenvalue weighted by molar-refractivity contribution is 0.366. The summed E-state index contributed by atoms with van der Waals surface area (Å²) in [6.07, 6.45) is 0. The number of benzene rings is 1. The molecule has 0 aliphatic rings. The van der Waals surface area contributed by atoms with Crippen LogP contribution in [-0.4, -0.2) is 20.6 Å². The zero-order chi connectivity index (χ0) is 11.6. The molecule has 0 saturated heterocycles. The summed E-state index contributed by atoms with van der Waals surface area (Å²) in [6, 6.07) is 3.91. The van der Waals surface area contributed by atoms with Crippen LogP contribution >= 0.6 is 10.7 Å². The molecule has 0 heterocycles. The average Bonchev–Trinajstić information content (AvgIpc) is 2.16. The first-order valence-corrected chi connectivity index (χ1v) is 5.97. The maximum Gasteiger partial charge on any atom is 0.265 e. The molecule has 1 N–H and O–H groups in total. The van der Waals surface area contributed by atoms with Gasteiger partial charge in [-0.1, -0.05) is 0 Å². The molecular weight excluding hydrogens is 242 g/mol. The van der Waals surface area contributed by atoms with Crippen LogP contribution in [0.4, 0.5) is 0 Å². The minimum absolute atomic E-state index is 0.0314.